The second-order valence-electron chi connectivity index (χ2n) is 15.6. The Labute approximate surface area is 307 Å². The van der Waals surface area contributed by atoms with E-state index in [4.69, 9.17) is 47.2 Å². The molecular formula is C38H45ClFN7O5. The average Bonchev–Trinajstić information content (AvgIpc) is 3.73. The van der Waals surface area contributed by atoms with E-state index in [0.29, 0.717) is 52.3 Å². The summed E-state index contributed by atoms with van der Waals surface area (Å²) in [5.41, 5.74) is -0.0621. The number of halogens is 2. The molecule has 3 N–H and O–H groups in total. The van der Waals surface area contributed by atoms with Gasteiger partial charge < -0.3 is 29.3 Å². The summed E-state index contributed by atoms with van der Waals surface area (Å²) in [7, 11) is 1.46. The van der Waals surface area contributed by atoms with Crippen LogP contribution >= 0.6 is 11.6 Å². The number of nitrogens with one attached hydrogen (secondary N) is 1. The summed E-state index contributed by atoms with van der Waals surface area (Å²) in [4.78, 5) is 18.8. The minimum absolute atomic E-state index is 0.00145. The number of aliphatic hydroxyl groups is 2. The zero-order valence-electron chi connectivity index (χ0n) is 29.8. The third kappa shape index (κ3) is 5.83. The number of terminal acetylenes is 1. The smallest absolute Gasteiger partial charge is 0.319 e. The number of hydrogen-bond acceptors (Lipinski definition) is 11. The number of pyridine rings is 1. The van der Waals surface area contributed by atoms with Crippen LogP contribution in [0, 0.1) is 35.9 Å². The first-order chi connectivity index (χ1) is 25.0. The Kier molecular flexibility index (Phi) is 8.98. The Morgan fingerprint density at radius 1 is 1.21 bits per heavy atom. The van der Waals surface area contributed by atoms with Crippen LogP contribution in [0.15, 0.2) is 12.3 Å². The topological polar surface area (TPSA) is 142 Å². The van der Waals surface area contributed by atoms with Crippen molar-refractivity contribution in [3.05, 3.63) is 28.7 Å². The average molecular weight is 734 g/mol. The van der Waals surface area contributed by atoms with Crippen molar-refractivity contribution in [2.45, 2.75) is 76.5 Å². The Balaban J connectivity index is 1.23. The van der Waals surface area contributed by atoms with Gasteiger partial charge in [0.05, 0.1) is 45.2 Å². The highest BCUT2D eigenvalue weighted by molar-refractivity contribution is 6.33. The predicted octanol–water partition coefficient (Wildman–Crippen LogP) is 5.05. The highest BCUT2D eigenvalue weighted by atomic mass is 35.5. The Morgan fingerprint density at radius 3 is 2.79 bits per heavy atom. The molecular weight excluding hydrogens is 689 g/mol. The monoisotopic (exact) mass is 733 g/mol. The van der Waals surface area contributed by atoms with Gasteiger partial charge in [0.2, 0.25) is 5.88 Å². The number of H-pyrrole nitrogens is 1. The summed E-state index contributed by atoms with van der Waals surface area (Å²) in [6, 6.07) is 2.56. The van der Waals surface area contributed by atoms with Crippen molar-refractivity contribution in [3.8, 4) is 35.5 Å². The molecule has 1 unspecified atom stereocenters. The molecule has 8 rings (SSSR count). The van der Waals surface area contributed by atoms with Crippen molar-refractivity contribution >= 4 is 39.2 Å². The van der Waals surface area contributed by atoms with Crippen molar-refractivity contribution in [2.75, 3.05) is 58.1 Å². The van der Waals surface area contributed by atoms with Gasteiger partial charge in [-0.1, -0.05) is 30.9 Å². The number of aromatic nitrogens is 5. The van der Waals surface area contributed by atoms with Crippen LogP contribution in [0.25, 0.3) is 33.1 Å². The van der Waals surface area contributed by atoms with Crippen LogP contribution in [0.1, 0.15) is 57.4 Å². The first-order valence-corrected chi connectivity index (χ1v) is 18.5. The quantitative estimate of drug-likeness (QED) is 0.210. The third-order valence-corrected chi connectivity index (χ3v) is 12.5. The summed E-state index contributed by atoms with van der Waals surface area (Å²) in [6.45, 7) is 6.06. The van der Waals surface area contributed by atoms with Gasteiger partial charge in [0.1, 0.15) is 22.4 Å². The number of fused-ring (bicyclic) bond motifs is 3. The van der Waals surface area contributed by atoms with Crippen LogP contribution in [0.5, 0.6) is 11.9 Å². The molecule has 0 amide bonds. The molecule has 1 aromatic carbocycles. The van der Waals surface area contributed by atoms with Crippen LogP contribution in [0.2, 0.25) is 5.02 Å². The largest absolute Gasteiger partial charge is 0.480 e. The lowest BCUT2D eigenvalue weighted by Crippen LogP contribution is -2.60. The molecule has 5 heterocycles. The predicted molar refractivity (Wildman–Crippen MR) is 195 cm³/mol. The van der Waals surface area contributed by atoms with E-state index in [-0.39, 0.29) is 71.5 Å². The third-order valence-electron chi connectivity index (χ3n) is 12.1. The van der Waals surface area contributed by atoms with Gasteiger partial charge in [-0.3, -0.25) is 10.00 Å². The van der Waals surface area contributed by atoms with E-state index >= 15 is 4.39 Å². The number of nitrogens with zero attached hydrogens (tertiary/aromatic N) is 6. The van der Waals surface area contributed by atoms with Crippen LogP contribution in [0.3, 0.4) is 0 Å². The summed E-state index contributed by atoms with van der Waals surface area (Å²) in [5, 5.41) is 29.5. The molecule has 2 aliphatic heterocycles. The highest BCUT2D eigenvalue weighted by Crippen LogP contribution is 2.53. The Bertz CT molecular complexity index is 2070. The molecule has 4 aliphatic rings. The molecule has 12 nitrogen and oxygen atoms in total. The fourth-order valence-electron chi connectivity index (χ4n) is 9.33. The highest BCUT2D eigenvalue weighted by Gasteiger charge is 2.53. The van der Waals surface area contributed by atoms with Crippen LogP contribution in [-0.4, -0.2) is 111 Å². The van der Waals surface area contributed by atoms with Gasteiger partial charge in [-0.05, 0) is 69.0 Å². The van der Waals surface area contributed by atoms with E-state index in [1.54, 1.807) is 24.1 Å². The van der Waals surface area contributed by atoms with Gasteiger partial charge in [0.25, 0.3) is 0 Å². The van der Waals surface area contributed by atoms with E-state index in [1.807, 2.05) is 0 Å². The van der Waals surface area contributed by atoms with Crippen molar-refractivity contribution < 1.29 is 28.8 Å². The van der Waals surface area contributed by atoms with Crippen molar-refractivity contribution in [1.82, 2.24) is 30.0 Å². The molecule has 0 bridgehead atoms. The van der Waals surface area contributed by atoms with Gasteiger partial charge in [-0.25, -0.2) is 9.37 Å². The molecule has 14 heteroatoms. The van der Waals surface area contributed by atoms with E-state index in [1.165, 1.54) is 7.11 Å². The van der Waals surface area contributed by atoms with E-state index in [2.05, 4.69) is 27.9 Å². The second-order valence-corrected chi connectivity index (χ2v) is 16.0. The zero-order valence-corrected chi connectivity index (χ0v) is 30.6. The lowest BCUT2D eigenvalue weighted by Gasteiger charge is -2.56. The lowest BCUT2D eigenvalue weighted by atomic mass is 9.65. The fourth-order valence-corrected chi connectivity index (χ4v) is 9.53. The van der Waals surface area contributed by atoms with Crippen molar-refractivity contribution in [1.29, 1.82) is 0 Å². The number of aromatic amines is 1. The molecule has 276 valence electrons. The number of likely N-dealkylation sites (tertiary alicyclic amines) is 1. The van der Waals surface area contributed by atoms with E-state index in [0.717, 1.165) is 51.5 Å². The molecule has 3 atom stereocenters. The molecule has 0 spiro atoms. The minimum atomic E-state index is -1.62. The molecule has 2 aliphatic carbocycles. The summed E-state index contributed by atoms with van der Waals surface area (Å²) in [6.07, 6.45) is 14.6. The number of methoxy groups -OCH3 is 1. The van der Waals surface area contributed by atoms with Gasteiger partial charge >= 0.3 is 6.01 Å². The standard InChI is InChI=1S/C38H45ClFN7O5/c1-5-38(49)18-46(12-13-51-21-38)33-29-32(30(40)31(42-34(29)50-4)28-22(2)25(39)14-26-24(28)17-41-45-26)43-35(44-33)52-20-37-9-6-8-27(37)47(11-7-10-37)23-15-36(3,16-23)19-48/h1,14,17,23,27,48-49H,6-13,15-16,18-21H2,2-4H3,(H,41,45)/t23?,27?,36?,37-,38+/m1/s1. The van der Waals surface area contributed by atoms with Crippen LogP contribution < -0.4 is 14.4 Å². The first kappa shape index (κ1) is 35.2. The van der Waals surface area contributed by atoms with Gasteiger partial charge in [-0.15, -0.1) is 6.42 Å². The lowest BCUT2D eigenvalue weighted by molar-refractivity contribution is -0.0884. The Hall–Kier alpha value is -3.80. The number of aliphatic hydroxyl groups excluding tert-OH is 1. The van der Waals surface area contributed by atoms with Gasteiger partial charge in [0.15, 0.2) is 11.4 Å². The van der Waals surface area contributed by atoms with E-state index < -0.39 is 11.4 Å². The normalized spacial score (nSPS) is 29.5. The maximum atomic E-state index is 17.2. The van der Waals surface area contributed by atoms with Crippen LogP contribution in [-0.2, 0) is 4.74 Å². The second kappa shape index (κ2) is 13.2. The maximum absolute atomic E-state index is 17.2. The van der Waals surface area contributed by atoms with Crippen molar-refractivity contribution in [2.24, 2.45) is 10.8 Å². The van der Waals surface area contributed by atoms with Crippen molar-refractivity contribution in [3.63, 3.8) is 0 Å². The van der Waals surface area contributed by atoms with Gasteiger partial charge in [0, 0.05) is 46.6 Å². The summed E-state index contributed by atoms with van der Waals surface area (Å²) >= 11 is 6.63. The molecule has 2 saturated heterocycles. The SMILES string of the molecule is C#C[C@@]1(O)COCCN(c2nc(OC[C@]34CCCC3N(C3CC(C)(CO)C3)CCC4)nc3c(F)c(-c4c(C)c(Cl)cc5[nH]ncc45)nc(OC)c23)C1. The number of piperidine rings is 1. The number of hydrogen-bond donors (Lipinski definition) is 3. The first-order valence-electron chi connectivity index (χ1n) is 18.1. The maximum Gasteiger partial charge on any atom is 0.319 e. The molecule has 4 aromatic rings. The number of benzene rings is 1. The molecule has 3 aromatic heterocycles. The zero-order chi connectivity index (χ0) is 36.4. The molecule has 0 radical (unpaired) electrons. The molecule has 2 saturated carbocycles. The number of ether oxygens (including phenoxy) is 3. The molecule has 52 heavy (non-hydrogen) atoms. The minimum Gasteiger partial charge on any atom is -0.480 e. The number of β-amino-alcohol motifs (C(OH)–C–C–N with tert-alkyl or cyclic N) is 1. The van der Waals surface area contributed by atoms with E-state index in [9.17, 15) is 10.2 Å². The number of rotatable bonds is 8. The summed E-state index contributed by atoms with van der Waals surface area (Å²) in [5.74, 6) is 2.12. The number of anilines is 1. The fraction of sp³-hybridized carbons (Fsp3) is 0.579. The molecule has 4 fully saturated rings. The summed E-state index contributed by atoms with van der Waals surface area (Å²) < 4.78 is 35.4. The van der Waals surface area contributed by atoms with Gasteiger partial charge in [-0.2, -0.15) is 15.1 Å². The van der Waals surface area contributed by atoms with Crippen LogP contribution in [0.4, 0.5) is 10.2 Å². The Morgan fingerprint density at radius 2 is 2.02 bits per heavy atom.